The maximum atomic E-state index is 13.4. The molecule has 0 aromatic heterocycles. The summed E-state index contributed by atoms with van der Waals surface area (Å²) < 4.78 is 22.3. The summed E-state index contributed by atoms with van der Waals surface area (Å²) >= 11 is 0. The predicted molar refractivity (Wildman–Crippen MR) is 120 cm³/mol. The van der Waals surface area contributed by atoms with Crippen molar-refractivity contribution in [1.82, 2.24) is 5.32 Å². The number of alkyl carbamates (subject to hydrolysis) is 1. The third-order valence-corrected chi connectivity index (χ3v) is 11.4. The molecule has 3 rings (SSSR count). The van der Waals surface area contributed by atoms with Gasteiger partial charge >= 0.3 is 24.0 Å². The third kappa shape index (κ3) is 4.06. The van der Waals surface area contributed by atoms with Gasteiger partial charge in [0.05, 0.1) is 30.1 Å². The molecule has 0 radical (unpaired) electrons. The Hall–Kier alpha value is -2.36. The molecule has 0 spiro atoms. The van der Waals surface area contributed by atoms with Gasteiger partial charge in [0, 0.05) is 5.92 Å². The molecule has 0 unspecified atom stereocenters. The molecule has 2 aliphatic carbocycles. The number of carbonyl (C=O) groups excluding carboxylic acids is 4. The maximum Gasteiger partial charge on any atom is 0.408 e. The summed E-state index contributed by atoms with van der Waals surface area (Å²) in [7, 11) is -2.39. The Morgan fingerprint density at radius 3 is 2.18 bits per heavy atom. The first-order valence-corrected chi connectivity index (χ1v) is 14.2. The van der Waals surface area contributed by atoms with Crippen LogP contribution in [0.5, 0.6) is 0 Å². The zero-order valence-corrected chi connectivity index (χ0v) is 21.9. The largest absolute Gasteiger partial charge is 0.546 e. The lowest BCUT2D eigenvalue weighted by molar-refractivity contribution is -0.159. The topological polar surface area (TPSA) is 117 Å². The Morgan fingerprint density at radius 2 is 1.67 bits per heavy atom. The summed E-state index contributed by atoms with van der Waals surface area (Å²) in [5.41, 5.74) is -2.53. The van der Waals surface area contributed by atoms with Gasteiger partial charge in [-0.05, 0) is 51.9 Å². The highest BCUT2D eigenvalue weighted by Crippen LogP contribution is 2.62. The van der Waals surface area contributed by atoms with Crippen molar-refractivity contribution >= 4 is 32.3 Å². The fourth-order valence-corrected chi connectivity index (χ4v) is 5.77. The molecule has 1 N–H and O–H groups in total. The summed E-state index contributed by atoms with van der Waals surface area (Å²) in [6, 6.07) is 0. The van der Waals surface area contributed by atoms with E-state index in [9.17, 15) is 19.2 Å². The van der Waals surface area contributed by atoms with Crippen molar-refractivity contribution in [2.45, 2.75) is 77.7 Å². The number of nitrogens with one attached hydrogen (secondary N) is 1. The van der Waals surface area contributed by atoms with Crippen LogP contribution in [0.4, 0.5) is 4.79 Å². The van der Waals surface area contributed by atoms with E-state index in [0.29, 0.717) is 5.76 Å². The van der Waals surface area contributed by atoms with Gasteiger partial charge in [-0.2, -0.15) is 0 Å². The van der Waals surface area contributed by atoms with Gasteiger partial charge in [0.25, 0.3) is 0 Å². The standard InChI is InChI=1S/C23H35NO8Si/c1-10-29-19(27)23(24-20(28)31-21(2,3)4)12-11-13(32-33(8,9)22(5,6)7)16(23)15-14(12)17(25)30-18(15)26/h11-12,14-16H,10H2,1-9H3,(H,24,28)/t12-,14+,15+,16+,23+/m1/s1. The van der Waals surface area contributed by atoms with Gasteiger partial charge < -0.3 is 24.0 Å². The number of ether oxygens (including phenoxy) is 3. The highest BCUT2D eigenvalue weighted by Gasteiger charge is 2.76. The van der Waals surface area contributed by atoms with Crippen LogP contribution in [0.3, 0.4) is 0 Å². The van der Waals surface area contributed by atoms with E-state index in [0.717, 1.165) is 0 Å². The van der Waals surface area contributed by atoms with E-state index in [1.807, 2.05) is 13.1 Å². The Labute approximate surface area is 195 Å². The summed E-state index contributed by atoms with van der Waals surface area (Å²) in [5.74, 6) is -5.40. The van der Waals surface area contributed by atoms with Crippen molar-refractivity contribution in [3.63, 3.8) is 0 Å². The predicted octanol–water partition coefficient (Wildman–Crippen LogP) is 3.29. The Bertz CT molecular complexity index is 912. The fraction of sp³-hybridized carbons (Fsp3) is 0.739. The van der Waals surface area contributed by atoms with Crippen LogP contribution in [0.2, 0.25) is 18.1 Å². The van der Waals surface area contributed by atoms with Crippen LogP contribution in [0.1, 0.15) is 48.5 Å². The van der Waals surface area contributed by atoms with Gasteiger partial charge in [0.1, 0.15) is 5.60 Å². The van der Waals surface area contributed by atoms with Crippen LogP contribution in [0.25, 0.3) is 0 Å². The molecule has 0 aromatic carbocycles. The first kappa shape index (κ1) is 25.3. The maximum absolute atomic E-state index is 13.4. The number of hydrogen-bond acceptors (Lipinski definition) is 8. The lowest BCUT2D eigenvalue weighted by Gasteiger charge is -2.40. The molecule has 9 nitrogen and oxygen atoms in total. The van der Waals surface area contributed by atoms with Crippen LogP contribution < -0.4 is 5.32 Å². The zero-order chi connectivity index (χ0) is 25.1. The first-order valence-electron chi connectivity index (χ1n) is 11.3. The number of hydrogen-bond donors (Lipinski definition) is 1. The minimum Gasteiger partial charge on any atom is -0.546 e. The summed E-state index contributed by atoms with van der Waals surface area (Å²) in [6.07, 6.45) is 0.855. The monoisotopic (exact) mass is 481 g/mol. The van der Waals surface area contributed by atoms with Crippen LogP contribution in [-0.2, 0) is 33.0 Å². The summed E-state index contributed by atoms with van der Waals surface area (Å²) in [6.45, 7) is 17.1. The van der Waals surface area contributed by atoms with Crippen LogP contribution in [0.15, 0.2) is 11.8 Å². The van der Waals surface area contributed by atoms with Gasteiger partial charge in [0.2, 0.25) is 8.32 Å². The molecule has 3 aliphatic rings. The first-order chi connectivity index (χ1) is 15.0. The molecular formula is C23H35NO8Si. The van der Waals surface area contributed by atoms with Crippen LogP contribution >= 0.6 is 0 Å². The minimum absolute atomic E-state index is 0.0577. The fourth-order valence-electron chi connectivity index (χ4n) is 4.68. The average molecular weight is 482 g/mol. The van der Waals surface area contributed by atoms with Crippen molar-refractivity contribution in [2.75, 3.05) is 6.61 Å². The lowest BCUT2D eigenvalue weighted by Crippen LogP contribution is -2.62. The highest BCUT2D eigenvalue weighted by atomic mass is 28.4. The molecule has 2 bridgehead atoms. The number of cyclic esters (lactones) is 2. The molecule has 0 aromatic rings. The van der Waals surface area contributed by atoms with Crippen LogP contribution in [-0.4, -0.2) is 50.1 Å². The van der Waals surface area contributed by atoms with E-state index in [4.69, 9.17) is 18.6 Å². The van der Waals surface area contributed by atoms with Crippen molar-refractivity contribution in [2.24, 2.45) is 23.7 Å². The second-order valence-corrected chi connectivity index (χ2v) is 16.2. The molecule has 1 saturated heterocycles. The van der Waals surface area contributed by atoms with Gasteiger partial charge in [-0.3, -0.25) is 9.59 Å². The van der Waals surface area contributed by atoms with Crippen molar-refractivity contribution < 1.29 is 37.8 Å². The van der Waals surface area contributed by atoms with E-state index in [1.54, 1.807) is 33.8 Å². The van der Waals surface area contributed by atoms with E-state index in [-0.39, 0.29) is 11.6 Å². The number of amides is 1. The Morgan fingerprint density at radius 1 is 1.09 bits per heavy atom. The number of carbonyl (C=O) groups is 4. The number of rotatable bonds is 5. The number of esters is 3. The Kier molecular flexibility index (Phi) is 6.01. The highest BCUT2D eigenvalue weighted by molar-refractivity contribution is 6.74. The Balaban J connectivity index is 2.11. The second-order valence-electron chi connectivity index (χ2n) is 11.4. The SMILES string of the molecule is CCOC(=O)[C@]1(NC(=O)OC(C)(C)C)[C@@H]2C=C(O[Si](C)(C)C(C)(C)C)[C@H]1[C@H]1C(=O)OC(=O)[C@H]12. The molecule has 10 heteroatoms. The van der Waals surface area contributed by atoms with Gasteiger partial charge in [-0.25, -0.2) is 9.59 Å². The number of fused-ring (bicyclic) bond motifs is 5. The quantitative estimate of drug-likeness (QED) is 0.275. The molecule has 1 aliphatic heterocycles. The van der Waals surface area contributed by atoms with Gasteiger partial charge in [-0.15, -0.1) is 0 Å². The molecule has 2 fully saturated rings. The second kappa shape index (κ2) is 7.85. The third-order valence-electron chi connectivity index (χ3n) is 7.05. The normalized spacial score (nSPS) is 31.0. The molecule has 1 heterocycles. The molecule has 33 heavy (non-hydrogen) atoms. The van der Waals surface area contributed by atoms with Crippen LogP contribution in [0, 0.1) is 23.7 Å². The van der Waals surface area contributed by atoms with E-state index in [2.05, 4.69) is 26.1 Å². The summed E-state index contributed by atoms with van der Waals surface area (Å²) in [5, 5.41) is 2.55. The molecule has 5 atom stereocenters. The smallest absolute Gasteiger partial charge is 0.408 e. The van der Waals surface area contributed by atoms with Crippen molar-refractivity contribution in [3.8, 4) is 0 Å². The van der Waals surface area contributed by atoms with Crippen molar-refractivity contribution in [1.29, 1.82) is 0 Å². The molecular weight excluding hydrogens is 446 g/mol. The average Bonchev–Trinajstić information content (AvgIpc) is 3.17. The van der Waals surface area contributed by atoms with Gasteiger partial charge in [-0.1, -0.05) is 20.8 Å². The van der Waals surface area contributed by atoms with E-state index >= 15 is 0 Å². The lowest BCUT2D eigenvalue weighted by atomic mass is 9.83. The minimum atomic E-state index is -2.39. The van der Waals surface area contributed by atoms with E-state index in [1.165, 1.54) is 0 Å². The molecule has 184 valence electrons. The molecule has 1 saturated carbocycles. The van der Waals surface area contributed by atoms with Gasteiger partial charge in [0.15, 0.2) is 5.54 Å². The van der Waals surface area contributed by atoms with E-state index < -0.39 is 67.1 Å². The zero-order valence-electron chi connectivity index (χ0n) is 20.9. The summed E-state index contributed by atoms with van der Waals surface area (Å²) in [4.78, 5) is 51.7. The molecule has 1 amide bonds. The van der Waals surface area contributed by atoms with Crippen molar-refractivity contribution in [3.05, 3.63) is 11.8 Å².